The van der Waals surface area contributed by atoms with Gasteiger partial charge in [0.1, 0.15) is 0 Å². The third kappa shape index (κ3) is 3.70. The summed E-state index contributed by atoms with van der Waals surface area (Å²) in [4.78, 5) is 1.41. The van der Waals surface area contributed by atoms with E-state index in [9.17, 15) is 0 Å². The Kier molecular flexibility index (Phi) is 4.27. The topological polar surface area (TPSA) is 0 Å². The summed E-state index contributed by atoms with van der Waals surface area (Å²) in [6, 6.07) is 4.13. The molecule has 1 aromatic heterocycles. The summed E-state index contributed by atoms with van der Waals surface area (Å²) in [5.74, 6) is 1.59. The largest absolute Gasteiger partial charge is 0.128 e. The molecule has 1 unspecified atom stereocenters. The fourth-order valence-corrected chi connectivity index (χ4v) is 2.29. The number of rotatable bonds is 4. The van der Waals surface area contributed by atoms with Crippen molar-refractivity contribution >= 4 is 22.9 Å². The summed E-state index contributed by atoms with van der Waals surface area (Å²) in [6.07, 6.45) is 2.45. The van der Waals surface area contributed by atoms with Crippen LogP contribution < -0.4 is 0 Å². The van der Waals surface area contributed by atoms with Gasteiger partial charge in [-0.15, -0.1) is 11.3 Å². The van der Waals surface area contributed by atoms with E-state index in [-0.39, 0.29) is 0 Å². The van der Waals surface area contributed by atoms with Crippen LogP contribution >= 0.6 is 22.9 Å². The Labute approximate surface area is 89.9 Å². The molecule has 0 aliphatic carbocycles. The summed E-state index contributed by atoms with van der Waals surface area (Å²) in [6.45, 7) is 6.89. The molecule has 74 valence electrons. The van der Waals surface area contributed by atoms with Gasteiger partial charge in [-0.25, -0.2) is 0 Å². The molecular weight excluding hydrogens is 200 g/mol. The van der Waals surface area contributed by atoms with Gasteiger partial charge in [0.25, 0.3) is 0 Å². The van der Waals surface area contributed by atoms with E-state index < -0.39 is 0 Å². The molecule has 0 saturated carbocycles. The predicted octanol–water partition coefficient (Wildman–Crippen LogP) is 4.63. The van der Waals surface area contributed by atoms with Gasteiger partial charge in [0.05, 0.1) is 4.34 Å². The minimum absolute atomic E-state index is 0.787. The second-order valence-electron chi connectivity index (χ2n) is 3.97. The Hall–Kier alpha value is -0.0100. The molecular formula is C11H17ClS. The zero-order valence-electron chi connectivity index (χ0n) is 8.51. The maximum absolute atomic E-state index is 5.86. The molecule has 0 aliphatic heterocycles. The molecule has 0 spiro atoms. The highest BCUT2D eigenvalue weighted by molar-refractivity contribution is 7.16. The van der Waals surface area contributed by atoms with Crippen LogP contribution in [-0.2, 0) is 6.42 Å². The van der Waals surface area contributed by atoms with Gasteiger partial charge in [0, 0.05) is 4.88 Å². The maximum atomic E-state index is 5.86. The Bertz CT molecular complexity index is 252. The summed E-state index contributed by atoms with van der Waals surface area (Å²) < 4.78 is 0.909. The summed E-state index contributed by atoms with van der Waals surface area (Å²) in [5, 5.41) is 0. The molecule has 0 aliphatic rings. The van der Waals surface area contributed by atoms with Crippen LogP contribution in [0.25, 0.3) is 0 Å². The van der Waals surface area contributed by atoms with Crippen LogP contribution in [-0.4, -0.2) is 0 Å². The smallest absolute Gasteiger partial charge is 0.0931 e. The molecule has 2 heteroatoms. The van der Waals surface area contributed by atoms with Gasteiger partial charge in [-0.05, 0) is 36.8 Å². The van der Waals surface area contributed by atoms with E-state index in [0.29, 0.717) is 0 Å². The lowest BCUT2D eigenvalue weighted by atomic mass is 9.93. The number of hydrogen-bond donors (Lipinski definition) is 0. The molecule has 0 amide bonds. The summed E-state index contributed by atoms with van der Waals surface area (Å²) >= 11 is 7.56. The van der Waals surface area contributed by atoms with Crippen LogP contribution in [0.3, 0.4) is 0 Å². The average molecular weight is 217 g/mol. The monoisotopic (exact) mass is 216 g/mol. The van der Waals surface area contributed by atoms with Gasteiger partial charge in [-0.3, -0.25) is 0 Å². The highest BCUT2D eigenvalue weighted by Crippen LogP contribution is 2.25. The molecule has 1 atom stereocenters. The van der Waals surface area contributed by atoms with Crippen molar-refractivity contribution in [1.82, 2.24) is 0 Å². The van der Waals surface area contributed by atoms with Crippen molar-refractivity contribution in [2.45, 2.75) is 33.6 Å². The first-order valence-electron chi connectivity index (χ1n) is 4.84. The molecule has 0 radical (unpaired) electrons. The van der Waals surface area contributed by atoms with Gasteiger partial charge in [0.2, 0.25) is 0 Å². The fourth-order valence-electron chi connectivity index (χ4n) is 1.19. The fraction of sp³-hybridized carbons (Fsp3) is 0.636. The molecule has 0 fully saturated rings. The van der Waals surface area contributed by atoms with Crippen LogP contribution in [0.4, 0.5) is 0 Å². The standard InChI is InChI=1S/C11H17ClS/c1-8(2)9(3)4-5-10-6-7-11(12)13-10/h6-9H,4-5H2,1-3H3. The Balaban J connectivity index is 2.35. The van der Waals surface area contributed by atoms with Crippen LogP contribution in [0, 0.1) is 11.8 Å². The molecule has 0 nitrogen and oxygen atoms in total. The first-order valence-corrected chi connectivity index (χ1v) is 6.03. The van der Waals surface area contributed by atoms with E-state index in [4.69, 9.17) is 11.6 Å². The minimum atomic E-state index is 0.787. The van der Waals surface area contributed by atoms with Crippen molar-refractivity contribution in [3.63, 3.8) is 0 Å². The lowest BCUT2D eigenvalue weighted by molar-refractivity contribution is 0.393. The van der Waals surface area contributed by atoms with E-state index >= 15 is 0 Å². The number of thiophene rings is 1. The first-order chi connectivity index (χ1) is 6.09. The van der Waals surface area contributed by atoms with Crippen LogP contribution in [0.2, 0.25) is 4.34 Å². The number of halogens is 1. The average Bonchev–Trinajstić information content (AvgIpc) is 2.47. The molecule has 0 bridgehead atoms. The van der Waals surface area contributed by atoms with Crippen LogP contribution in [0.15, 0.2) is 12.1 Å². The molecule has 0 saturated heterocycles. The van der Waals surface area contributed by atoms with Crippen LogP contribution in [0.1, 0.15) is 32.1 Å². The molecule has 1 aromatic rings. The second-order valence-corrected chi connectivity index (χ2v) is 5.77. The van der Waals surface area contributed by atoms with Gasteiger partial charge in [-0.2, -0.15) is 0 Å². The normalized spacial score (nSPS) is 13.6. The Morgan fingerprint density at radius 3 is 2.46 bits per heavy atom. The van der Waals surface area contributed by atoms with Gasteiger partial charge >= 0.3 is 0 Å². The van der Waals surface area contributed by atoms with Crippen LogP contribution in [0.5, 0.6) is 0 Å². The van der Waals surface area contributed by atoms with E-state index in [1.165, 1.54) is 17.7 Å². The van der Waals surface area contributed by atoms with Crippen molar-refractivity contribution in [3.05, 3.63) is 21.3 Å². The maximum Gasteiger partial charge on any atom is 0.0931 e. The van der Waals surface area contributed by atoms with E-state index in [1.54, 1.807) is 11.3 Å². The van der Waals surface area contributed by atoms with E-state index in [0.717, 1.165) is 16.2 Å². The minimum Gasteiger partial charge on any atom is -0.128 e. The molecule has 0 aromatic carbocycles. The zero-order chi connectivity index (χ0) is 9.84. The number of aryl methyl sites for hydroxylation is 1. The number of hydrogen-bond acceptors (Lipinski definition) is 1. The van der Waals surface area contributed by atoms with E-state index in [1.807, 2.05) is 6.07 Å². The van der Waals surface area contributed by atoms with Crippen molar-refractivity contribution in [2.75, 3.05) is 0 Å². The van der Waals surface area contributed by atoms with Crippen molar-refractivity contribution in [1.29, 1.82) is 0 Å². The van der Waals surface area contributed by atoms with Crippen molar-refractivity contribution < 1.29 is 0 Å². The Morgan fingerprint density at radius 1 is 1.31 bits per heavy atom. The molecule has 1 heterocycles. The third-order valence-electron chi connectivity index (χ3n) is 2.61. The second kappa shape index (κ2) is 5.02. The quantitative estimate of drug-likeness (QED) is 0.689. The highest BCUT2D eigenvalue weighted by atomic mass is 35.5. The molecule has 0 N–H and O–H groups in total. The first kappa shape index (κ1) is 11.1. The summed E-state index contributed by atoms with van der Waals surface area (Å²) in [7, 11) is 0. The SMILES string of the molecule is CC(C)C(C)CCc1ccc(Cl)s1. The zero-order valence-corrected chi connectivity index (χ0v) is 10.1. The van der Waals surface area contributed by atoms with Crippen molar-refractivity contribution in [3.8, 4) is 0 Å². The third-order valence-corrected chi connectivity index (χ3v) is 3.90. The van der Waals surface area contributed by atoms with Gasteiger partial charge in [-0.1, -0.05) is 32.4 Å². The summed E-state index contributed by atoms with van der Waals surface area (Å²) in [5.41, 5.74) is 0. The van der Waals surface area contributed by atoms with Gasteiger partial charge in [0.15, 0.2) is 0 Å². The van der Waals surface area contributed by atoms with Crippen molar-refractivity contribution in [2.24, 2.45) is 11.8 Å². The predicted molar refractivity (Wildman–Crippen MR) is 61.7 cm³/mol. The molecule has 13 heavy (non-hydrogen) atoms. The highest BCUT2D eigenvalue weighted by Gasteiger charge is 2.07. The Morgan fingerprint density at radius 2 is 2.00 bits per heavy atom. The lowest BCUT2D eigenvalue weighted by Gasteiger charge is -2.14. The molecule has 1 rings (SSSR count). The lowest BCUT2D eigenvalue weighted by Crippen LogP contribution is -2.04. The van der Waals surface area contributed by atoms with Gasteiger partial charge < -0.3 is 0 Å². The van der Waals surface area contributed by atoms with E-state index in [2.05, 4.69) is 26.8 Å².